The van der Waals surface area contributed by atoms with Crippen LogP contribution in [0.5, 0.6) is 0 Å². The van der Waals surface area contributed by atoms with Crippen LogP contribution in [0.4, 0.5) is 23.7 Å². The Labute approximate surface area is 197 Å². The summed E-state index contributed by atoms with van der Waals surface area (Å²) >= 11 is 0. The molecule has 2 atom stereocenters. The number of urea groups is 1. The molecule has 188 valence electrons. The highest BCUT2D eigenvalue weighted by atomic mass is 19.4. The van der Waals surface area contributed by atoms with Crippen LogP contribution in [0.15, 0.2) is 24.3 Å². The molecule has 2 fully saturated rings. The Bertz CT molecular complexity index is 884. The van der Waals surface area contributed by atoms with Crippen molar-refractivity contribution in [2.24, 2.45) is 17.8 Å². The van der Waals surface area contributed by atoms with E-state index in [-0.39, 0.29) is 35.3 Å². The van der Waals surface area contributed by atoms with Crippen LogP contribution in [-0.2, 0) is 20.5 Å². The summed E-state index contributed by atoms with van der Waals surface area (Å²) in [6.07, 6.45) is -1.44. The number of carbonyl (C=O) groups is 3. The topological polar surface area (TPSA) is 79.0 Å². The second-order valence-corrected chi connectivity index (χ2v) is 9.05. The van der Waals surface area contributed by atoms with Crippen LogP contribution < -0.4 is 5.32 Å². The van der Waals surface area contributed by atoms with E-state index in [9.17, 15) is 27.6 Å². The van der Waals surface area contributed by atoms with Gasteiger partial charge in [0.1, 0.15) is 0 Å². The molecule has 0 spiro atoms. The van der Waals surface area contributed by atoms with E-state index < -0.39 is 17.8 Å². The third-order valence-corrected chi connectivity index (χ3v) is 6.96. The number of hydrogen-bond acceptors (Lipinski definition) is 4. The predicted molar refractivity (Wildman–Crippen MR) is 120 cm³/mol. The van der Waals surface area contributed by atoms with Gasteiger partial charge in [0.15, 0.2) is 0 Å². The average Bonchev–Trinajstić information content (AvgIpc) is 2.83. The Morgan fingerprint density at radius 2 is 1.74 bits per heavy atom. The zero-order valence-electron chi connectivity index (χ0n) is 19.6. The zero-order valence-corrected chi connectivity index (χ0v) is 19.6. The molecule has 2 heterocycles. The standard InChI is InChI=1S/C24H32F3N3O4/c1-3-16-15-30(23(33)28-20-6-4-5-19(14-20)24(25,26)27)12-9-18(16)13-21(31)29-10-7-17(8-11-29)22(32)34-2/h4-6,14,16-18H,3,7-13,15H2,1-2H3,(H,28,33)/t16-,18+/m1/s1. The van der Waals surface area contributed by atoms with E-state index in [0.29, 0.717) is 51.9 Å². The summed E-state index contributed by atoms with van der Waals surface area (Å²) in [4.78, 5) is 40.7. The molecule has 1 aromatic carbocycles. The summed E-state index contributed by atoms with van der Waals surface area (Å²) in [6, 6.07) is 4.14. The summed E-state index contributed by atoms with van der Waals surface area (Å²) < 4.78 is 43.6. The van der Waals surface area contributed by atoms with E-state index >= 15 is 0 Å². The van der Waals surface area contributed by atoms with Gasteiger partial charge in [-0.1, -0.05) is 19.4 Å². The normalized spacial score (nSPS) is 21.8. The summed E-state index contributed by atoms with van der Waals surface area (Å²) in [6.45, 7) is 3.97. The van der Waals surface area contributed by atoms with Crippen LogP contribution in [0.25, 0.3) is 0 Å². The molecule has 3 rings (SSSR count). The Kier molecular flexibility index (Phi) is 8.43. The van der Waals surface area contributed by atoms with Gasteiger partial charge in [-0.3, -0.25) is 9.59 Å². The van der Waals surface area contributed by atoms with Gasteiger partial charge >= 0.3 is 18.2 Å². The highest BCUT2D eigenvalue weighted by Gasteiger charge is 2.35. The lowest BCUT2D eigenvalue weighted by Gasteiger charge is -2.39. The minimum atomic E-state index is -4.48. The second-order valence-electron chi connectivity index (χ2n) is 9.05. The lowest BCUT2D eigenvalue weighted by molar-refractivity contribution is -0.149. The van der Waals surface area contributed by atoms with Crippen molar-refractivity contribution in [2.45, 2.75) is 45.2 Å². The molecular formula is C24H32F3N3O4. The molecule has 0 radical (unpaired) electrons. The molecule has 0 aromatic heterocycles. The number of carbonyl (C=O) groups excluding carboxylic acids is 3. The molecule has 0 unspecified atom stereocenters. The van der Waals surface area contributed by atoms with Crippen LogP contribution in [0.3, 0.4) is 0 Å². The highest BCUT2D eigenvalue weighted by Crippen LogP contribution is 2.32. The largest absolute Gasteiger partial charge is 0.469 e. The maximum Gasteiger partial charge on any atom is 0.416 e. The molecule has 1 N–H and O–H groups in total. The molecule has 2 aliphatic rings. The third-order valence-electron chi connectivity index (χ3n) is 6.96. The fraction of sp³-hybridized carbons (Fsp3) is 0.625. The molecule has 1 aromatic rings. The van der Waals surface area contributed by atoms with Gasteiger partial charge in [0.25, 0.3) is 0 Å². The average molecular weight is 484 g/mol. The van der Waals surface area contributed by atoms with Crippen molar-refractivity contribution in [3.05, 3.63) is 29.8 Å². The molecule has 0 bridgehead atoms. The number of esters is 1. The van der Waals surface area contributed by atoms with Gasteiger partial charge in [0.05, 0.1) is 18.6 Å². The smallest absolute Gasteiger partial charge is 0.416 e. The number of anilines is 1. The van der Waals surface area contributed by atoms with Gasteiger partial charge in [0, 0.05) is 38.3 Å². The number of amides is 3. The van der Waals surface area contributed by atoms with E-state index in [0.717, 1.165) is 18.6 Å². The Balaban J connectivity index is 1.52. The fourth-order valence-corrected chi connectivity index (χ4v) is 4.86. The van der Waals surface area contributed by atoms with Gasteiger partial charge < -0.3 is 19.9 Å². The monoisotopic (exact) mass is 483 g/mol. The number of likely N-dealkylation sites (tertiary alicyclic amines) is 2. The Morgan fingerprint density at radius 1 is 1.06 bits per heavy atom. The van der Waals surface area contributed by atoms with Crippen LogP contribution in [0.2, 0.25) is 0 Å². The van der Waals surface area contributed by atoms with Crippen molar-refractivity contribution in [3.8, 4) is 0 Å². The molecule has 2 aliphatic heterocycles. The lowest BCUT2D eigenvalue weighted by Crippen LogP contribution is -2.47. The molecule has 2 saturated heterocycles. The zero-order chi connectivity index (χ0) is 24.9. The van der Waals surface area contributed by atoms with Crippen molar-refractivity contribution >= 4 is 23.6 Å². The number of halogens is 3. The molecule has 0 saturated carbocycles. The van der Waals surface area contributed by atoms with Crippen molar-refractivity contribution in [1.82, 2.24) is 9.80 Å². The number of piperidine rings is 2. The Morgan fingerprint density at radius 3 is 2.35 bits per heavy atom. The van der Waals surface area contributed by atoms with Crippen molar-refractivity contribution in [2.75, 3.05) is 38.6 Å². The number of ether oxygens (including phenoxy) is 1. The van der Waals surface area contributed by atoms with Crippen LogP contribution in [-0.4, -0.2) is 61.0 Å². The molecule has 10 heteroatoms. The number of nitrogens with zero attached hydrogens (tertiary/aromatic N) is 2. The van der Waals surface area contributed by atoms with Crippen LogP contribution in [0.1, 0.15) is 44.6 Å². The summed E-state index contributed by atoms with van der Waals surface area (Å²) in [5.41, 5.74) is -0.717. The number of alkyl halides is 3. The lowest BCUT2D eigenvalue weighted by atomic mass is 9.81. The molecular weight excluding hydrogens is 451 g/mol. The van der Waals surface area contributed by atoms with E-state index in [1.54, 1.807) is 9.80 Å². The fourth-order valence-electron chi connectivity index (χ4n) is 4.86. The molecule has 0 aliphatic carbocycles. The van der Waals surface area contributed by atoms with Crippen molar-refractivity contribution in [1.29, 1.82) is 0 Å². The number of methoxy groups -OCH3 is 1. The summed E-state index contributed by atoms with van der Waals surface area (Å²) in [7, 11) is 1.37. The maximum atomic E-state index is 12.9. The SMILES string of the molecule is CC[C@@H]1CN(C(=O)Nc2cccc(C(F)(F)F)c2)CC[C@H]1CC(=O)N1CCC(C(=O)OC)CC1. The van der Waals surface area contributed by atoms with Gasteiger partial charge in [-0.2, -0.15) is 13.2 Å². The first-order chi connectivity index (χ1) is 16.1. The minimum Gasteiger partial charge on any atom is -0.469 e. The van der Waals surface area contributed by atoms with Crippen molar-refractivity contribution < 1.29 is 32.3 Å². The first kappa shape index (κ1) is 25.8. The molecule has 3 amide bonds. The summed E-state index contributed by atoms with van der Waals surface area (Å²) in [5, 5.41) is 2.57. The predicted octanol–water partition coefficient (Wildman–Crippen LogP) is 4.39. The van der Waals surface area contributed by atoms with Crippen LogP contribution >= 0.6 is 0 Å². The minimum absolute atomic E-state index is 0.0635. The first-order valence-corrected chi connectivity index (χ1v) is 11.7. The van der Waals surface area contributed by atoms with Gasteiger partial charge in [-0.15, -0.1) is 0 Å². The third kappa shape index (κ3) is 6.42. The van der Waals surface area contributed by atoms with Gasteiger partial charge in [-0.05, 0) is 49.3 Å². The van der Waals surface area contributed by atoms with Gasteiger partial charge in [-0.25, -0.2) is 4.79 Å². The Hall–Kier alpha value is -2.78. The quantitative estimate of drug-likeness (QED) is 0.631. The first-order valence-electron chi connectivity index (χ1n) is 11.7. The number of nitrogens with one attached hydrogen (secondary N) is 1. The maximum absolute atomic E-state index is 12.9. The van der Waals surface area contributed by atoms with E-state index in [1.165, 1.54) is 19.2 Å². The molecule has 34 heavy (non-hydrogen) atoms. The second kappa shape index (κ2) is 11.1. The number of benzene rings is 1. The van der Waals surface area contributed by atoms with Crippen molar-refractivity contribution in [3.63, 3.8) is 0 Å². The van der Waals surface area contributed by atoms with E-state index in [1.807, 2.05) is 6.92 Å². The number of hydrogen-bond donors (Lipinski definition) is 1. The van der Waals surface area contributed by atoms with Gasteiger partial charge in [0.2, 0.25) is 5.91 Å². The van der Waals surface area contributed by atoms with Crippen LogP contribution in [0, 0.1) is 17.8 Å². The molecule has 7 nitrogen and oxygen atoms in total. The number of rotatable bonds is 5. The van der Waals surface area contributed by atoms with E-state index in [4.69, 9.17) is 4.74 Å². The summed E-state index contributed by atoms with van der Waals surface area (Å²) in [5.74, 6) is -0.0652. The highest BCUT2D eigenvalue weighted by molar-refractivity contribution is 5.89. The van der Waals surface area contributed by atoms with E-state index in [2.05, 4.69) is 5.32 Å².